The summed E-state index contributed by atoms with van der Waals surface area (Å²) in [5.41, 5.74) is 7.17. The van der Waals surface area contributed by atoms with Gasteiger partial charge in [-0.25, -0.2) is 4.98 Å². The second-order valence-corrected chi connectivity index (χ2v) is 5.34. The lowest BCUT2D eigenvalue weighted by atomic mass is 10.0. The zero-order chi connectivity index (χ0) is 13.0. The molecule has 4 nitrogen and oxygen atoms in total. The molecule has 3 N–H and O–H groups in total. The van der Waals surface area contributed by atoms with Gasteiger partial charge < -0.3 is 15.6 Å². The lowest BCUT2D eigenvalue weighted by molar-refractivity contribution is 0.404. The summed E-state index contributed by atoms with van der Waals surface area (Å²) in [7, 11) is 0. The first-order valence-corrected chi connectivity index (χ1v) is 7.25. The van der Waals surface area contributed by atoms with E-state index < -0.39 is 0 Å². The van der Waals surface area contributed by atoms with Gasteiger partial charge in [0.15, 0.2) is 0 Å². The van der Waals surface area contributed by atoms with Crippen molar-refractivity contribution in [2.24, 2.45) is 11.7 Å². The molecule has 1 aliphatic rings. The van der Waals surface area contributed by atoms with Gasteiger partial charge in [0.1, 0.15) is 0 Å². The quantitative estimate of drug-likeness (QED) is 0.744. The van der Waals surface area contributed by atoms with Crippen LogP contribution in [0.3, 0.4) is 0 Å². The van der Waals surface area contributed by atoms with Crippen LogP contribution in [-0.2, 0) is 0 Å². The molecule has 1 fully saturated rings. The number of hydrogen-bond donors (Lipinski definition) is 2. The van der Waals surface area contributed by atoms with Crippen molar-refractivity contribution in [1.29, 1.82) is 0 Å². The Bertz CT molecular complexity index is 352. The second kappa shape index (κ2) is 6.34. The van der Waals surface area contributed by atoms with Crippen LogP contribution in [0, 0.1) is 5.92 Å². The largest absolute Gasteiger partial charge is 0.330 e. The summed E-state index contributed by atoms with van der Waals surface area (Å²) in [6.07, 6.45) is 8.94. The van der Waals surface area contributed by atoms with Gasteiger partial charge in [-0.2, -0.15) is 0 Å². The first-order chi connectivity index (χ1) is 8.80. The van der Waals surface area contributed by atoms with Gasteiger partial charge in [0.05, 0.1) is 18.1 Å². The Hall–Kier alpha value is -0.870. The molecule has 0 aliphatic heterocycles. The Balaban J connectivity index is 1.96. The summed E-state index contributed by atoms with van der Waals surface area (Å²) in [6.45, 7) is 6.19. The van der Waals surface area contributed by atoms with E-state index in [1.54, 1.807) is 0 Å². The summed E-state index contributed by atoms with van der Waals surface area (Å²) in [5, 5.41) is 3.61. The third-order valence-corrected chi connectivity index (χ3v) is 4.04. The third kappa shape index (κ3) is 3.12. The van der Waals surface area contributed by atoms with E-state index in [1.165, 1.54) is 31.4 Å². The van der Waals surface area contributed by atoms with Gasteiger partial charge in [0.25, 0.3) is 0 Å². The Morgan fingerprint density at radius 3 is 2.72 bits per heavy atom. The number of nitrogens with one attached hydrogen (secondary N) is 1. The minimum absolute atomic E-state index is 0.244. The first kappa shape index (κ1) is 13.6. The average Bonchev–Trinajstić information content (AvgIpc) is 3.14. The topological polar surface area (TPSA) is 55.9 Å². The summed E-state index contributed by atoms with van der Waals surface area (Å²) in [6, 6.07) is 0.917. The Morgan fingerprint density at radius 2 is 2.17 bits per heavy atom. The Morgan fingerprint density at radius 1 is 1.44 bits per heavy atom. The number of nitrogens with two attached hydrogens (primary N) is 1. The van der Waals surface area contributed by atoms with Crippen LogP contribution in [0.4, 0.5) is 0 Å². The molecule has 1 saturated carbocycles. The van der Waals surface area contributed by atoms with E-state index in [0.717, 1.165) is 12.5 Å². The van der Waals surface area contributed by atoms with Gasteiger partial charge in [-0.1, -0.05) is 26.7 Å². The highest BCUT2D eigenvalue weighted by Gasteiger charge is 2.27. The van der Waals surface area contributed by atoms with Gasteiger partial charge in [-0.05, 0) is 25.3 Å². The molecule has 4 heteroatoms. The van der Waals surface area contributed by atoms with E-state index >= 15 is 0 Å². The predicted molar refractivity (Wildman–Crippen MR) is 74.4 cm³/mol. The fraction of sp³-hybridized carbons (Fsp3) is 0.786. The third-order valence-electron chi connectivity index (χ3n) is 4.04. The number of rotatable bonds is 8. The molecule has 102 valence electrons. The highest BCUT2D eigenvalue weighted by molar-refractivity contribution is 5.09. The van der Waals surface area contributed by atoms with Gasteiger partial charge in [0.2, 0.25) is 0 Å². The average molecular weight is 250 g/mol. The molecule has 0 aromatic carbocycles. The Labute approximate surface area is 110 Å². The molecule has 1 aliphatic carbocycles. The molecular formula is C14H26N4. The maximum Gasteiger partial charge on any atom is 0.0951 e. The maximum atomic E-state index is 5.92. The van der Waals surface area contributed by atoms with E-state index in [1.807, 2.05) is 12.5 Å². The lowest BCUT2D eigenvalue weighted by Crippen LogP contribution is -2.33. The van der Waals surface area contributed by atoms with E-state index in [2.05, 4.69) is 28.7 Å². The van der Waals surface area contributed by atoms with E-state index in [4.69, 9.17) is 5.73 Å². The van der Waals surface area contributed by atoms with Gasteiger partial charge in [0, 0.05) is 18.8 Å². The monoisotopic (exact) mass is 250 g/mol. The summed E-state index contributed by atoms with van der Waals surface area (Å²) in [5.74, 6) is 0.747. The number of imidazole rings is 1. The molecule has 18 heavy (non-hydrogen) atoms. The first-order valence-electron chi connectivity index (χ1n) is 7.25. The SMILES string of the molecule is CCC(CC)CNC(CN)c1cncn1C1CC1. The van der Waals surface area contributed by atoms with Gasteiger partial charge in [-0.15, -0.1) is 0 Å². The maximum absolute atomic E-state index is 5.92. The van der Waals surface area contributed by atoms with Crippen molar-refractivity contribution in [2.45, 2.75) is 51.6 Å². The molecule has 2 rings (SSSR count). The van der Waals surface area contributed by atoms with Crippen molar-refractivity contribution in [2.75, 3.05) is 13.1 Å². The van der Waals surface area contributed by atoms with Crippen molar-refractivity contribution in [1.82, 2.24) is 14.9 Å². The molecule has 0 amide bonds. The molecule has 0 spiro atoms. The fourth-order valence-electron chi connectivity index (χ4n) is 2.44. The van der Waals surface area contributed by atoms with Crippen molar-refractivity contribution in [3.8, 4) is 0 Å². The van der Waals surface area contributed by atoms with Crippen molar-refractivity contribution in [3.63, 3.8) is 0 Å². The minimum atomic E-state index is 0.244. The highest BCUT2D eigenvalue weighted by atomic mass is 15.1. The zero-order valence-corrected chi connectivity index (χ0v) is 11.6. The van der Waals surface area contributed by atoms with Gasteiger partial charge in [-0.3, -0.25) is 0 Å². The molecule has 0 bridgehead atoms. The van der Waals surface area contributed by atoms with E-state index in [-0.39, 0.29) is 6.04 Å². The smallest absolute Gasteiger partial charge is 0.0951 e. The van der Waals surface area contributed by atoms with Crippen LogP contribution in [-0.4, -0.2) is 22.6 Å². The molecule has 0 saturated heterocycles. The molecular weight excluding hydrogens is 224 g/mol. The van der Waals surface area contributed by atoms with Crippen LogP contribution >= 0.6 is 0 Å². The zero-order valence-electron chi connectivity index (χ0n) is 11.6. The fourth-order valence-corrected chi connectivity index (χ4v) is 2.44. The summed E-state index contributed by atoms with van der Waals surface area (Å²) >= 11 is 0. The van der Waals surface area contributed by atoms with Crippen LogP contribution in [0.15, 0.2) is 12.5 Å². The molecule has 1 unspecified atom stereocenters. The minimum Gasteiger partial charge on any atom is -0.330 e. The summed E-state index contributed by atoms with van der Waals surface area (Å²) < 4.78 is 2.30. The number of aromatic nitrogens is 2. The second-order valence-electron chi connectivity index (χ2n) is 5.34. The van der Waals surface area contributed by atoms with Crippen LogP contribution in [0.1, 0.15) is 57.3 Å². The molecule has 0 radical (unpaired) electrons. The molecule has 1 heterocycles. The van der Waals surface area contributed by atoms with Crippen LogP contribution in [0.2, 0.25) is 0 Å². The van der Waals surface area contributed by atoms with Crippen LogP contribution in [0.25, 0.3) is 0 Å². The van der Waals surface area contributed by atoms with Crippen LogP contribution in [0.5, 0.6) is 0 Å². The number of nitrogens with zero attached hydrogens (tertiary/aromatic N) is 2. The predicted octanol–water partition coefficient (Wildman–Crippen LogP) is 2.24. The number of hydrogen-bond acceptors (Lipinski definition) is 3. The molecule has 1 aromatic heterocycles. The Kier molecular flexibility index (Phi) is 4.78. The lowest BCUT2D eigenvalue weighted by Gasteiger charge is -2.21. The normalized spacial score (nSPS) is 17.3. The van der Waals surface area contributed by atoms with E-state index in [9.17, 15) is 0 Å². The molecule has 1 aromatic rings. The standard InChI is InChI=1S/C14H26N4/c1-3-11(4-2)8-17-13(7-15)14-9-16-10-18(14)12-5-6-12/h9-13,17H,3-8,15H2,1-2H3. The van der Waals surface area contributed by atoms with Crippen molar-refractivity contribution < 1.29 is 0 Å². The van der Waals surface area contributed by atoms with Gasteiger partial charge >= 0.3 is 0 Å². The molecule has 1 atom stereocenters. The van der Waals surface area contributed by atoms with E-state index in [0.29, 0.717) is 12.6 Å². The summed E-state index contributed by atoms with van der Waals surface area (Å²) in [4.78, 5) is 4.29. The van der Waals surface area contributed by atoms with Crippen molar-refractivity contribution in [3.05, 3.63) is 18.2 Å². The van der Waals surface area contributed by atoms with Crippen molar-refractivity contribution >= 4 is 0 Å². The highest BCUT2D eigenvalue weighted by Crippen LogP contribution is 2.36. The van der Waals surface area contributed by atoms with Crippen LogP contribution < -0.4 is 11.1 Å².